The summed E-state index contributed by atoms with van der Waals surface area (Å²) in [5.41, 5.74) is 1.95. The number of nitrogens with one attached hydrogen (secondary N) is 3. The maximum atomic E-state index is 12.7. The summed E-state index contributed by atoms with van der Waals surface area (Å²) >= 11 is 0. The molecule has 4 rings (SSSR count). The topological polar surface area (TPSA) is 132 Å². The molecule has 10 nitrogen and oxygen atoms in total. The fraction of sp³-hybridized carbons (Fsp3) is 0.391. The lowest BCUT2D eigenvalue weighted by Gasteiger charge is -2.14. The lowest BCUT2D eigenvalue weighted by Crippen LogP contribution is -2.20. The number of fused-ring (bicyclic) bond motifs is 1. The van der Waals surface area contributed by atoms with Gasteiger partial charge in [0, 0.05) is 24.9 Å². The molecule has 0 unspecified atom stereocenters. The summed E-state index contributed by atoms with van der Waals surface area (Å²) < 4.78 is 40.8. The van der Waals surface area contributed by atoms with Gasteiger partial charge >= 0.3 is 10.1 Å². The van der Waals surface area contributed by atoms with Crippen LogP contribution in [0.4, 0.5) is 11.6 Å². The van der Waals surface area contributed by atoms with Crippen LogP contribution in [-0.4, -0.2) is 57.3 Å². The van der Waals surface area contributed by atoms with E-state index in [4.69, 9.17) is 13.7 Å². The van der Waals surface area contributed by atoms with Crippen LogP contribution in [0.5, 0.6) is 5.75 Å². The maximum Gasteiger partial charge on any atom is 0.339 e. The average molecular weight is 489 g/mol. The largest absolute Gasteiger partial charge is 0.382 e. The van der Waals surface area contributed by atoms with Gasteiger partial charge in [0.05, 0.1) is 24.2 Å². The van der Waals surface area contributed by atoms with E-state index in [9.17, 15) is 13.2 Å². The number of benzene rings is 2. The molecule has 1 aliphatic rings. The van der Waals surface area contributed by atoms with Gasteiger partial charge in [0.25, 0.3) is 5.91 Å². The molecule has 3 N–H and O–H groups in total. The third kappa shape index (κ3) is 6.25. The van der Waals surface area contributed by atoms with Crippen molar-refractivity contribution in [3.63, 3.8) is 0 Å². The zero-order chi connectivity index (χ0) is 24.0. The molecule has 1 saturated carbocycles. The van der Waals surface area contributed by atoms with E-state index in [1.54, 1.807) is 25.3 Å². The molecule has 1 amide bonds. The standard InChI is InChI=1S/C23H28N4O6S/c1-31-12-13-32-15-22(28)27-23-25-20-11-8-18(14-21(20)26-23)33-34(29,30)19-9-6-17(7-10-19)24-16-4-2-3-5-16/h6-11,14,16,24H,2-5,12-13,15H2,1H3,(H2,25,26,27,28). The molecule has 2 aromatic carbocycles. The number of aromatic amines is 1. The molecule has 1 heterocycles. The summed E-state index contributed by atoms with van der Waals surface area (Å²) in [6.45, 7) is 0.562. The van der Waals surface area contributed by atoms with Crippen molar-refractivity contribution in [1.29, 1.82) is 0 Å². The van der Waals surface area contributed by atoms with E-state index in [2.05, 4.69) is 20.6 Å². The van der Waals surface area contributed by atoms with Crippen LogP contribution in [0.25, 0.3) is 11.0 Å². The van der Waals surface area contributed by atoms with Crippen LogP contribution in [0, 0.1) is 0 Å². The Labute approximate surface area is 198 Å². The number of amides is 1. The Bertz CT molecular complexity index is 1220. The summed E-state index contributed by atoms with van der Waals surface area (Å²) in [6, 6.07) is 11.6. The van der Waals surface area contributed by atoms with Gasteiger partial charge in [-0.05, 0) is 49.2 Å². The van der Waals surface area contributed by atoms with E-state index >= 15 is 0 Å². The number of hydrogen-bond acceptors (Lipinski definition) is 8. The predicted octanol–water partition coefficient (Wildman–Crippen LogP) is 3.29. The van der Waals surface area contributed by atoms with Gasteiger partial charge in [0.1, 0.15) is 17.3 Å². The molecule has 0 bridgehead atoms. The van der Waals surface area contributed by atoms with Gasteiger partial charge in [0.2, 0.25) is 5.95 Å². The normalized spacial score (nSPS) is 14.4. The van der Waals surface area contributed by atoms with Crippen LogP contribution < -0.4 is 14.8 Å². The highest BCUT2D eigenvalue weighted by molar-refractivity contribution is 7.87. The van der Waals surface area contributed by atoms with E-state index in [-0.39, 0.29) is 29.1 Å². The van der Waals surface area contributed by atoms with Crippen LogP contribution in [0.1, 0.15) is 25.7 Å². The maximum absolute atomic E-state index is 12.7. The lowest BCUT2D eigenvalue weighted by molar-refractivity contribution is -0.121. The monoisotopic (exact) mass is 488 g/mol. The zero-order valence-electron chi connectivity index (χ0n) is 18.9. The smallest absolute Gasteiger partial charge is 0.339 e. The van der Waals surface area contributed by atoms with Crippen molar-refractivity contribution in [1.82, 2.24) is 9.97 Å². The number of H-pyrrole nitrogens is 1. The van der Waals surface area contributed by atoms with E-state index in [1.165, 1.54) is 37.1 Å². The molecule has 11 heteroatoms. The van der Waals surface area contributed by atoms with Crippen molar-refractivity contribution >= 4 is 38.7 Å². The second kappa shape index (κ2) is 10.9. The average Bonchev–Trinajstić information content (AvgIpc) is 3.46. The number of anilines is 2. The molecule has 34 heavy (non-hydrogen) atoms. The van der Waals surface area contributed by atoms with E-state index < -0.39 is 10.1 Å². The van der Waals surface area contributed by atoms with Gasteiger partial charge in [0.15, 0.2) is 0 Å². The molecule has 3 aromatic rings. The van der Waals surface area contributed by atoms with Gasteiger partial charge in [-0.1, -0.05) is 12.8 Å². The van der Waals surface area contributed by atoms with Crippen LogP contribution in [0.3, 0.4) is 0 Å². The minimum atomic E-state index is -4.01. The van der Waals surface area contributed by atoms with Crippen molar-refractivity contribution in [2.24, 2.45) is 0 Å². The number of imidazole rings is 1. The number of ether oxygens (including phenoxy) is 2. The molecule has 0 radical (unpaired) electrons. The summed E-state index contributed by atoms with van der Waals surface area (Å²) in [6.07, 6.45) is 4.70. The third-order valence-electron chi connectivity index (χ3n) is 5.45. The van der Waals surface area contributed by atoms with Crippen molar-refractivity contribution in [2.75, 3.05) is 37.6 Å². The highest BCUT2D eigenvalue weighted by atomic mass is 32.2. The van der Waals surface area contributed by atoms with Gasteiger partial charge in [-0.25, -0.2) is 4.98 Å². The zero-order valence-corrected chi connectivity index (χ0v) is 19.7. The number of hydrogen-bond donors (Lipinski definition) is 3. The summed E-state index contributed by atoms with van der Waals surface area (Å²) in [4.78, 5) is 19.2. The number of rotatable bonds is 11. The molecular formula is C23H28N4O6S. The molecule has 0 atom stereocenters. The van der Waals surface area contributed by atoms with Crippen molar-refractivity contribution < 1.29 is 26.9 Å². The first-order valence-electron chi connectivity index (χ1n) is 11.1. The molecule has 0 spiro atoms. The third-order valence-corrected chi connectivity index (χ3v) is 6.71. The Morgan fingerprint density at radius 3 is 2.62 bits per heavy atom. The Balaban J connectivity index is 1.38. The number of nitrogens with zero attached hydrogens (tertiary/aromatic N) is 1. The minimum absolute atomic E-state index is 0.0654. The lowest BCUT2D eigenvalue weighted by atomic mass is 10.2. The first-order chi connectivity index (χ1) is 16.4. The number of methoxy groups -OCH3 is 1. The van der Waals surface area contributed by atoms with Gasteiger partial charge in [-0.15, -0.1) is 0 Å². The summed E-state index contributed by atoms with van der Waals surface area (Å²) in [7, 11) is -2.46. The highest BCUT2D eigenvalue weighted by Crippen LogP contribution is 2.26. The molecule has 1 aromatic heterocycles. The van der Waals surface area contributed by atoms with Crippen LogP contribution in [-0.2, 0) is 24.4 Å². The Kier molecular flexibility index (Phi) is 7.66. The summed E-state index contributed by atoms with van der Waals surface area (Å²) in [5, 5.41) is 6.03. The van der Waals surface area contributed by atoms with Crippen molar-refractivity contribution in [3.05, 3.63) is 42.5 Å². The number of carbonyl (C=O) groups excluding carboxylic acids is 1. The number of carbonyl (C=O) groups is 1. The van der Waals surface area contributed by atoms with Gasteiger partial charge in [-0.2, -0.15) is 8.42 Å². The predicted molar refractivity (Wildman–Crippen MR) is 128 cm³/mol. The highest BCUT2D eigenvalue weighted by Gasteiger charge is 2.19. The molecule has 1 aliphatic carbocycles. The second-order valence-corrected chi connectivity index (χ2v) is 9.59. The quantitative estimate of drug-likeness (QED) is 0.277. The molecular weight excluding hydrogens is 460 g/mol. The minimum Gasteiger partial charge on any atom is -0.382 e. The second-order valence-electron chi connectivity index (χ2n) is 8.05. The fourth-order valence-corrected chi connectivity index (χ4v) is 4.70. The van der Waals surface area contributed by atoms with E-state index in [0.29, 0.717) is 30.3 Å². The van der Waals surface area contributed by atoms with Crippen LogP contribution >= 0.6 is 0 Å². The first-order valence-corrected chi connectivity index (χ1v) is 12.5. The SMILES string of the molecule is COCCOCC(=O)Nc1nc2ccc(OS(=O)(=O)c3ccc(NC4CCCC4)cc3)cc2[nH]1. The van der Waals surface area contributed by atoms with Gasteiger partial charge < -0.3 is 24.0 Å². The van der Waals surface area contributed by atoms with Crippen LogP contribution in [0.15, 0.2) is 47.4 Å². The van der Waals surface area contributed by atoms with Gasteiger partial charge in [-0.3, -0.25) is 10.1 Å². The molecule has 1 fully saturated rings. The Hall–Kier alpha value is -3.15. The molecule has 182 valence electrons. The first kappa shape index (κ1) is 24.0. The number of aromatic nitrogens is 2. The van der Waals surface area contributed by atoms with Crippen molar-refractivity contribution in [3.8, 4) is 5.75 Å². The van der Waals surface area contributed by atoms with E-state index in [0.717, 1.165) is 18.5 Å². The van der Waals surface area contributed by atoms with E-state index in [1.807, 2.05) is 0 Å². The molecule has 0 aliphatic heterocycles. The fourth-order valence-electron chi connectivity index (χ4n) is 3.77. The van der Waals surface area contributed by atoms with Crippen LogP contribution in [0.2, 0.25) is 0 Å². The van der Waals surface area contributed by atoms with Crippen molar-refractivity contribution in [2.45, 2.75) is 36.6 Å². The summed E-state index contributed by atoms with van der Waals surface area (Å²) in [5.74, 6) is -0.0224. The Morgan fingerprint density at radius 1 is 1.12 bits per heavy atom. The molecule has 0 saturated heterocycles. The Morgan fingerprint density at radius 2 is 1.88 bits per heavy atom.